The van der Waals surface area contributed by atoms with E-state index in [0.717, 1.165) is 24.3 Å². The van der Waals surface area contributed by atoms with Gasteiger partial charge in [0.1, 0.15) is 0 Å². The summed E-state index contributed by atoms with van der Waals surface area (Å²) >= 11 is 0. The first kappa shape index (κ1) is 17.3. The van der Waals surface area contributed by atoms with Gasteiger partial charge in [-0.2, -0.15) is 13.2 Å². The Labute approximate surface area is 143 Å². The van der Waals surface area contributed by atoms with E-state index in [0.29, 0.717) is 4.68 Å². The van der Waals surface area contributed by atoms with Crippen LogP contribution in [0.3, 0.4) is 0 Å². The molecule has 132 valence electrons. The molecule has 0 saturated heterocycles. The van der Waals surface area contributed by atoms with Crippen LogP contribution >= 0.6 is 0 Å². The first-order valence-corrected chi connectivity index (χ1v) is 7.16. The number of nitro groups is 1. The topological polar surface area (TPSA) is 90.9 Å². The maximum atomic E-state index is 13.6. The highest BCUT2D eigenvalue weighted by molar-refractivity contribution is 6.08. The number of hydrogen-bond donors (Lipinski definition) is 0. The van der Waals surface area contributed by atoms with Crippen molar-refractivity contribution in [3.63, 3.8) is 0 Å². The van der Waals surface area contributed by atoms with Gasteiger partial charge in [0.05, 0.1) is 10.6 Å². The molecule has 0 unspecified atom stereocenters. The fraction of sp³-hybridized carbons (Fsp3) is 0.0625. The van der Waals surface area contributed by atoms with Crippen LogP contribution in [-0.4, -0.2) is 25.7 Å². The van der Waals surface area contributed by atoms with E-state index in [2.05, 4.69) is 10.3 Å². The number of benzene rings is 2. The van der Waals surface area contributed by atoms with Gasteiger partial charge in [-0.1, -0.05) is 35.5 Å². The van der Waals surface area contributed by atoms with E-state index in [9.17, 15) is 28.1 Å². The minimum Gasteiger partial charge on any atom is -0.287 e. The van der Waals surface area contributed by atoms with E-state index < -0.39 is 28.3 Å². The smallest absolute Gasteiger partial charge is 0.287 e. The Morgan fingerprint density at radius 2 is 1.65 bits per heavy atom. The van der Waals surface area contributed by atoms with Crippen molar-refractivity contribution >= 4 is 11.5 Å². The van der Waals surface area contributed by atoms with Crippen molar-refractivity contribution in [1.29, 1.82) is 0 Å². The number of carbonyl (C=O) groups is 1. The molecule has 0 bridgehead atoms. The molecule has 3 rings (SSSR count). The number of non-ortho nitro benzene ring substituents is 1. The number of halogens is 3. The summed E-state index contributed by atoms with van der Waals surface area (Å²) in [5.74, 6) is -0.925. The van der Waals surface area contributed by atoms with Gasteiger partial charge in [-0.05, 0) is 12.1 Å². The molecule has 3 aromatic rings. The second kappa shape index (κ2) is 6.39. The summed E-state index contributed by atoms with van der Waals surface area (Å²) in [7, 11) is 0. The van der Waals surface area contributed by atoms with Crippen molar-refractivity contribution in [2.24, 2.45) is 0 Å². The Hall–Kier alpha value is -3.56. The molecule has 10 heteroatoms. The number of aromatic nitrogens is 3. The number of rotatable bonds is 4. The molecule has 0 saturated carbocycles. The normalized spacial score (nSPS) is 11.3. The monoisotopic (exact) mass is 362 g/mol. The molecule has 7 nitrogen and oxygen atoms in total. The second-order valence-electron chi connectivity index (χ2n) is 5.16. The van der Waals surface area contributed by atoms with Crippen LogP contribution in [0.15, 0.2) is 54.6 Å². The second-order valence-corrected chi connectivity index (χ2v) is 5.16. The SMILES string of the molecule is O=C(c1ccccc1)c1nnn(-c2ccc([N+](=O)[O-])cc2)c1C(F)(F)F. The molecule has 2 aromatic carbocycles. The number of nitro benzene ring substituents is 1. The average molecular weight is 362 g/mol. The van der Waals surface area contributed by atoms with Gasteiger partial charge >= 0.3 is 6.18 Å². The van der Waals surface area contributed by atoms with Crippen LogP contribution in [0.4, 0.5) is 18.9 Å². The molecular formula is C16H9F3N4O3. The standard InChI is InChI=1S/C16H9F3N4O3/c17-16(18,19)15-13(14(24)10-4-2-1-3-5-10)20-21-22(15)11-6-8-12(9-7-11)23(25)26/h1-9H. The molecule has 0 aliphatic carbocycles. The lowest BCUT2D eigenvalue weighted by Crippen LogP contribution is -2.18. The zero-order valence-electron chi connectivity index (χ0n) is 12.8. The minimum atomic E-state index is -4.91. The van der Waals surface area contributed by atoms with Gasteiger partial charge in [0.15, 0.2) is 11.4 Å². The van der Waals surface area contributed by atoms with Crippen LogP contribution in [0.2, 0.25) is 0 Å². The molecule has 0 fully saturated rings. The fourth-order valence-corrected chi connectivity index (χ4v) is 2.31. The van der Waals surface area contributed by atoms with Gasteiger partial charge in [0, 0.05) is 17.7 Å². The van der Waals surface area contributed by atoms with Gasteiger partial charge < -0.3 is 0 Å². The van der Waals surface area contributed by atoms with Crippen molar-refractivity contribution in [2.75, 3.05) is 0 Å². The van der Waals surface area contributed by atoms with E-state index in [1.54, 1.807) is 6.07 Å². The third kappa shape index (κ3) is 3.16. The summed E-state index contributed by atoms with van der Waals surface area (Å²) in [6.07, 6.45) is -4.91. The predicted octanol–water partition coefficient (Wildman–Crippen LogP) is 3.43. The zero-order chi connectivity index (χ0) is 18.9. The highest BCUT2D eigenvalue weighted by atomic mass is 19.4. The van der Waals surface area contributed by atoms with Gasteiger partial charge in [-0.3, -0.25) is 14.9 Å². The number of ketones is 1. The molecular weight excluding hydrogens is 353 g/mol. The van der Waals surface area contributed by atoms with Gasteiger partial charge in [0.2, 0.25) is 5.78 Å². The van der Waals surface area contributed by atoms with Crippen LogP contribution in [0, 0.1) is 10.1 Å². The Bertz CT molecular complexity index is 967. The van der Waals surface area contributed by atoms with Crippen molar-refractivity contribution in [1.82, 2.24) is 15.0 Å². The largest absolute Gasteiger partial charge is 0.435 e. The summed E-state index contributed by atoms with van der Waals surface area (Å²) in [6, 6.07) is 11.7. The van der Waals surface area contributed by atoms with Crippen molar-refractivity contribution in [3.05, 3.63) is 81.7 Å². The maximum Gasteiger partial charge on any atom is 0.435 e. The van der Waals surface area contributed by atoms with Gasteiger partial charge in [-0.15, -0.1) is 5.10 Å². The lowest BCUT2D eigenvalue weighted by Gasteiger charge is -2.10. The number of carbonyl (C=O) groups excluding carboxylic acids is 1. The molecule has 0 amide bonds. The summed E-state index contributed by atoms with van der Waals surface area (Å²) in [5, 5.41) is 17.5. The van der Waals surface area contributed by atoms with Crippen LogP contribution in [-0.2, 0) is 6.18 Å². The first-order valence-electron chi connectivity index (χ1n) is 7.16. The highest BCUT2D eigenvalue weighted by Crippen LogP contribution is 2.33. The Kier molecular flexibility index (Phi) is 4.24. The van der Waals surface area contributed by atoms with Crippen LogP contribution in [0.25, 0.3) is 5.69 Å². The fourth-order valence-electron chi connectivity index (χ4n) is 2.31. The summed E-state index contributed by atoms with van der Waals surface area (Å²) < 4.78 is 41.1. The Balaban J connectivity index is 2.12. The van der Waals surface area contributed by atoms with Crippen molar-refractivity contribution in [3.8, 4) is 5.69 Å². The molecule has 0 atom stereocenters. The Morgan fingerprint density at radius 1 is 1.04 bits per heavy atom. The van der Waals surface area contributed by atoms with E-state index in [1.807, 2.05) is 0 Å². The van der Waals surface area contributed by atoms with Crippen LogP contribution < -0.4 is 0 Å². The number of alkyl halides is 3. The van der Waals surface area contributed by atoms with E-state index >= 15 is 0 Å². The van der Waals surface area contributed by atoms with Gasteiger partial charge in [0.25, 0.3) is 5.69 Å². The molecule has 26 heavy (non-hydrogen) atoms. The number of nitrogens with zero attached hydrogens (tertiary/aromatic N) is 4. The molecule has 1 heterocycles. The summed E-state index contributed by atoms with van der Waals surface area (Å²) in [5.41, 5.74) is -2.55. The summed E-state index contributed by atoms with van der Waals surface area (Å²) in [6.45, 7) is 0. The molecule has 0 aliphatic heterocycles. The quantitative estimate of drug-likeness (QED) is 0.403. The Morgan fingerprint density at radius 3 is 2.19 bits per heavy atom. The van der Waals surface area contributed by atoms with Crippen LogP contribution in [0.1, 0.15) is 21.7 Å². The van der Waals surface area contributed by atoms with E-state index in [1.165, 1.54) is 24.3 Å². The lowest BCUT2D eigenvalue weighted by atomic mass is 10.1. The summed E-state index contributed by atoms with van der Waals surface area (Å²) in [4.78, 5) is 22.4. The number of hydrogen-bond acceptors (Lipinski definition) is 5. The average Bonchev–Trinajstić information content (AvgIpc) is 3.07. The zero-order valence-corrected chi connectivity index (χ0v) is 12.8. The van der Waals surface area contributed by atoms with Gasteiger partial charge in [-0.25, -0.2) is 4.68 Å². The minimum absolute atomic E-state index is 0.0359. The molecule has 0 radical (unpaired) electrons. The van der Waals surface area contributed by atoms with E-state index in [4.69, 9.17) is 0 Å². The molecule has 0 aliphatic rings. The van der Waals surface area contributed by atoms with Crippen LogP contribution in [0.5, 0.6) is 0 Å². The van der Waals surface area contributed by atoms with Crippen molar-refractivity contribution in [2.45, 2.75) is 6.18 Å². The molecule has 0 spiro atoms. The third-order valence-electron chi connectivity index (χ3n) is 3.49. The third-order valence-corrected chi connectivity index (χ3v) is 3.49. The first-order chi connectivity index (χ1) is 12.3. The highest BCUT2D eigenvalue weighted by Gasteiger charge is 2.42. The van der Waals surface area contributed by atoms with E-state index in [-0.39, 0.29) is 16.9 Å². The molecule has 0 N–H and O–H groups in total. The lowest BCUT2D eigenvalue weighted by molar-refractivity contribution is -0.384. The predicted molar refractivity (Wildman–Crippen MR) is 82.9 cm³/mol. The van der Waals surface area contributed by atoms with Crippen molar-refractivity contribution < 1.29 is 22.9 Å². The molecule has 1 aromatic heterocycles. The maximum absolute atomic E-state index is 13.6.